The molecule has 4 aliphatic rings. The van der Waals surface area contributed by atoms with Gasteiger partial charge in [-0.1, -0.05) is 26.8 Å². The first-order valence-electron chi connectivity index (χ1n) is 10.7. The average Bonchev–Trinajstić information content (AvgIpc) is 3.43. The van der Waals surface area contributed by atoms with Crippen molar-refractivity contribution in [3.63, 3.8) is 0 Å². The van der Waals surface area contributed by atoms with Crippen LogP contribution in [0.5, 0.6) is 0 Å². The Morgan fingerprint density at radius 3 is 2.53 bits per heavy atom. The number of hydrogen-bond donors (Lipinski definition) is 2. The molecule has 3 fully saturated rings. The fourth-order valence-corrected chi connectivity index (χ4v) is 6.06. The van der Waals surface area contributed by atoms with E-state index in [9.17, 15) is 19.8 Å². The lowest BCUT2D eigenvalue weighted by Gasteiger charge is -2.58. The Morgan fingerprint density at radius 2 is 2.00 bits per heavy atom. The first kappa shape index (κ1) is 21.7. The first-order valence-corrected chi connectivity index (χ1v) is 10.7. The van der Waals surface area contributed by atoms with Crippen molar-refractivity contribution in [2.45, 2.75) is 83.6 Å². The van der Waals surface area contributed by atoms with Crippen molar-refractivity contribution in [2.24, 2.45) is 16.7 Å². The molecule has 0 radical (unpaired) electrons. The third-order valence-corrected chi connectivity index (χ3v) is 7.75. The maximum absolute atomic E-state index is 12.4. The highest BCUT2D eigenvalue weighted by Gasteiger charge is 2.85. The van der Waals surface area contributed by atoms with Gasteiger partial charge in [-0.3, -0.25) is 9.59 Å². The molecule has 30 heavy (non-hydrogen) atoms. The summed E-state index contributed by atoms with van der Waals surface area (Å²) in [5, 5.41) is 21.7. The lowest BCUT2D eigenvalue weighted by Crippen LogP contribution is -2.67. The fraction of sp³-hybridized carbons (Fsp3) is 0.818. The van der Waals surface area contributed by atoms with Crippen LogP contribution < -0.4 is 0 Å². The van der Waals surface area contributed by atoms with Gasteiger partial charge in [-0.05, 0) is 24.8 Å². The highest BCUT2D eigenvalue weighted by Crippen LogP contribution is 2.71. The molecule has 0 aromatic carbocycles. The van der Waals surface area contributed by atoms with Gasteiger partial charge < -0.3 is 29.2 Å². The maximum atomic E-state index is 12.4. The van der Waals surface area contributed by atoms with Gasteiger partial charge in [-0.15, -0.1) is 0 Å². The minimum absolute atomic E-state index is 0.169. The van der Waals surface area contributed by atoms with E-state index in [0.717, 1.165) is 5.57 Å². The van der Waals surface area contributed by atoms with E-state index >= 15 is 0 Å². The molecule has 2 aliphatic heterocycles. The van der Waals surface area contributed by atoms with Crippen LogP contribution in [0.15, 0.2) is 11.6 Å². The molecular weight excluding hydrogens is 392 g/mol. The number of carbonyl (C=O) groups excluding carboxylic acids is 2. The van der Waals surface area contributed by atoms with Crippen LogP contribution >= 0.6 is 0 Å². The second-order valence-electron chi connectivity index (χ2n) is 9.88. The summed E-state index contributed by atoms with van der Waals surface area (Å²) in [5.74, 6) is -0.646. The molecule has 0 aromatic rings. The summed E-state index contributed by atoms with van der Waals surface area (Å²) < 4.78 is 23.5. The number of hydrogen-bond acceptors (Lipinski definition) is 8. The highest BCUT2D eigenvalue weighted by atomic mass is 16.7. The molecule has 8 nitrogen and oxygen atoms in total. The van der Waals surface area contributed by atoms with Crippen LogP contribution in [0, 0.1) is 16.7 Å². The van der Waals surface area contributed by atoms with E-state index in [1.807, 2.05) is 33.8 Å². The van der Waals surface area contributed by atoms with E-state index in [-0.39, 0.29) is 18.5 Å². The van der Waals surface area contributed by atoms with Crippen molar-refractivity contribution >= 4 is 11.9 Å². The van der Waals surface area contributed by atoms with Crippen molar-refractivity contribution in [2.75, 3.05) is 13.2 Å². The van der Waals surface area contributed by atoms with E-state index in [4.69, 9.17) is 18.9 Å². The molecular formula is C22H32O8. The zero-order valence-corrected chi connectivity index (χ0v) is 18.2. The van der Waals surface area contributed by atoms with Crippen molar-refractivity contribution < 1.29 is 38.7 Å². The lowest BCUT2D eigenvalue weighted by atomic mass is 9.51. The van der Waals surface area contributed by atoms with Gasteiger partial charge in [0.2, 0.25) is 0 Å². The second-order valence-corrected chi connectivity index (χ2v) is 9.88. The van der Waals surface area contributed by atoms with Crippen molar-refractivity contribution in [3.8, 4) is 0 Å². The molecule has 1 spiro atoms. The SMILES string of the molecule is CC(=O)OC1C(O)C2OC3C=C(C)C(OC(=O)CC(C)C)CC3(CO)C1(C)C21CO1. The summed E-state index contributed by atoms with van der Waals surface area (Å²) in [6, 6.07) is 0. The molecule has 2 bridgehead atoms. The standard InChI is InChI=1S/C22H32O8/c1-11(2)6-16(25)29-14-8-21(9-23)15(7-12(14)3)30-19-17(26)18(28-13(4)24)20(21,5)22(19)10-27-22/h7,11,14-15,17-19,23,26H,6,8-10H2,1-5H3. The van der Waals surface area contributed by atoms with Crippen LogP contribution in [0.25, 0.3) is 0 Å². The summed E-state index contributed by atoms with van der Waals surface area (Å²) >= 11 is 0. The minimum atomic E-state index is -1.08. The third kappa shape index (κ3) is 2.73. The summed E-state index contributed by atoms with van der Waals surface area (Å²) in [7, 11) is 0. The van der Waals surface area contributed by atoms with Gasteiger partial charge in [0.25, 0.3) is 0 Å². The molecule has 0 aromatic heterocycles. The predicted molar refractivity (Wildman–Crippen MR) is 104 cm³/mol. The van der Waals surface area contributed by atoms with Gasteiger partial charge in [0, 0.05) is 18.8 Å². The van der Waals surface area contributed by atoms with E-state index in [0.29, 0.717) is 19.4 Å². The van der Waals surface area contributed by atoms with E-state index in [1.54, 1.807) is 0 Å². The molecule has 0 amide bonds. The number of fused-ring (bicyclic) bond motifs is 2. The fourth-order valence-electron chi connectivity index (χ4n) is 6.06. The molecule has 2 aliphatic carbocycles. The molecule has 8 heteroatoms. The quantitative estimate of drug-likeness (QED) is 0.383. The molecule has 168 valence electrons. The number of carbonyl (C=O) groups is 2. The van der Waals surface area contributed by atoms with Gasteiger partial charge in [0.15, 0.2) is 0 Å². The Balaban J connectivity index is 1.75. The van der Waals surface area contributed by atoms with Gasteiger partial charge >= 0.3 is 11.9 Å². The van der Waals surface area contributed by atoms with Crippen LogP contribution in [0.2, 0.25) is 0 Å². The van der Waals surface area contributed by atoms with Crippen molar-refractivity contribution in [1.82, 2.24) is 0 Å². The van der Waals surface area contributed by atoms with Crippen LogP contribution in [-0.2, 0) is 28.5 Å². The van der Waals surface area contributed by atoms with Crippen LogP contribution in [0.4, 0.5) is 0 Å². The number of aliphatic hydroxyl groups excluding tert-OH is 2. The van der Waals surface area contributed by atoms with Gasteiger partial charge in [-0.25, -0.2) is 0 Å². The van der Waals surface area contributed by atoms with Crippen LogP contribution in [0.3, 0.4) is 0 Å². The molecule has 1 saturated carbocycles. The van der Waals surface area contributed by atoms with E-state index < -0.39 is 52.9 Å². The largest absolute Gasteiger partial charge is 0.459 e. The van der Waals surface area contributed by atoms with Crippen LogP contribution in [0.1, 0.15) is 47.5 Å². The third-order valence-electron chi connectivity index (χ3n) is 7.75. The number of aliphatic hydroxyl groups is 2. The summed E-state index contributed by atoms with van der Waals surface area (Å²) in [4.78, 5) is 24.2. The summed E-state index contributed by atoms with van der Waals surface area (Å²) in [6.07, 6.45) is -1.25. The highest BCUT2D eigenvalue weighted by molar-refractivity contribution is 5.70. The smallest absolute Gasteiger partial charge is 0.306 e. The van der Waals surface area contributed by atoms with Crippen molar-refractivity contribution in [3.05, 3.63) is 11.6 Å². The van der Waals surface area contributed by atoms with Gasteiger partial charge in [-0.2, -0.15) is 0 Å². The normalized spacial score (nSPS) is 46.4. The second kappa shape index (κ2) is 7.02. The average molecular weight is 424 g/mol. The van der Waals surface area contributed by atoms with Crippen molar-refractivity contribution in [1.29, 1.82) is 0 Å². The first-order chi connectivity index (χ1) is 14.0. The Kier molecular flexibility index (Phi) is 5.09. The molecule has 2 N–H and O–H groups in total. The number of esters is 2. The van der Waals surface area contributed by atoms with Gasteiger partial charge in [0.1, 0.15) is 30.0 Å². The summed E-state index contributed by atoms with van der Waals surface area (Å²) in [6.45, 7) is 9.01. The molecule has 2 heterocycles. The number of ether oxygens (including phenoxy) is 4. The molecule has 2 saturated heterocycles. The zero-order valence-electron chi connectivity index (χ0n) is 18.2. The molecule has 8 atom stereocenters. The lowest BCUT2D eigenvalue weighted by molar-refractivity contribution is -0.237. The van der Waals surface area contributed by atoms with Gasteiger partial charge in [0.05, 0.1) is 24.7 Å². The number of rotatable bonds is 5. The molecule has 4 rings (SSSR count). The minimum Gasteiger partial charge on any atom is -0.459 e. The summed E-state index contributed by atoms with van der Waals surface area (Å²) in [5.41, 5.74) is -1.89. The topological polar surface area (TPSA) is 115 Å². The Morgan fingerprint density at radius 1 is 1.33 bits per heavy atom. The Hall–Kier alpha value is -1.48. The van der Waals surface area contributed by atoms with E-state index in [2.05, 4.69) is 0 Å². The molecule has 8 unspecified atom stereocenters. The predicted octanol–water partition coefficient (Wildman–Crippen LogP) is 1.12. The monoisotopic (exact) mass is 424 g/mol. The maximum Gasteiger partial charge on any atom is 0.306 e. The van der Waals surface area contributed by atoms with Crippen LogP contribution in [-0.4, -0.2) is 71.5 Å². The van der Waals surface area contributed by atoms with E-state index in [1.165, 1.54) is 6.92 Å². The Labute approximate surface area is 176 Å². The zero-order chi connectivity index (χ0) is 22.1. The Bertz CT molecular complexity index is 771. The number of epoxide rings is 1.